The summed E-state index contributed by atoms with van der Waals surface area (Å²) >= 11 is 0. The van der Waals surface area contributed by atoms with Crippen molar-refractivity contribution in [1.29, 1.82) is 0 Å². The lowest BCUT2D eigenvalue weighted by molar-refractivity contribution is -0.163. The highest BCUT2D eigenvalue weighted by Gasteiger charge is 2.29. The largest absolute Gasteiger partial charge is 0.460 e. The second kappa shape index (κ2) is 8.30. The molecule has 0 bridgehead atoms. The van der Waals surface area contributed by atoms with Gasteiger partial charge in [0.2, 0.25) is 0 Å². The summed E-state index contributed by atoms with van der Waals surface area (Å²) < 4.78 is 11.2. The Hall–Kier alpha value is -1.39. The number of carbonyl (C=O) groups excluding carboxylic acids is 1. The number of nitrogens with zero attached hydrogens (tertiary/aromatic N) is 1. The van der Waals surface area contributed by atoms with Crippen LogP contribution in [0, 0.1) is 0 Å². The van der Waals surface area contributed by atoms with Crippen molar-refractivity contribution >= 4 is 5.97 Å². The Morgan fingerprint density at radius 1 is 1.36 bits per heavy atom. The third kappa shape index (κ3) is 4.31. The SMILES string of the molecule is CCN(CC)CCC(C)OC(=O)C1OCCc2ccccc21. The summed E-state index contributed by atoms with van der Waals surface area (Å²) in [5, 5.41) is 0. The molecule has 122 valence electrons. The Morgan fingerprint density at radius 3 is 2.82 bits per heavy atom. The first-order chi connectivity index (χ1) is 10.7. The number of esters is 1. The van der Waals surface area contributed by atoms with E-state index in [1.807, 2.05) is 25.1 Å². The molecule has 0 spiro atoms. The zero-order valence-electron chi connectivity index (χ0n) is 13.9. The minimum Gasteiger partial charge on any atom is -0.460 e. The van der Waals surface area contributed by atoms with Crippen LogP contribution in [0.3, 0.4) is 0 Å². The zero-order valence-corrected chi connectivity index (χ0v) is 13.9. The molecule has 0 saturated carbocycles. The van der Waals surface area contributed by atoms with Gasteiger partial charge in [0.05, 0.1) is 6.61 Å². The van der Waals surface area contributed by atoms with Crippen LogP contribution in [0.15, 0.2) is 24.3 Å². The molecule has 2 atom stereocenters. The van der Waals surface area contributed by atoms with Crippen LogP contribution in [0.2, 0.25) is 0 Å². The topological polar surface area (TPSA) is 38.8 Å². The number of hydrogen-bond donors (Lipinski definition) is 0. The van der Waals surface area contributed by atoms with E-state index in [2.05, 4.69) is 24.8 Å². The molecule has 1 aliphatic heterocycles. The van der Waals surface area contributed by atoms with Gasteiger partial charge in [-0.15, -0.1) is 0 Å². The number of rotatable bonds is 7. The highest BCUT2D eigenvalue weighted by atomic mass is 16.6. The molecule has 22 heavy (non-hydrogen) atoms. The highest BCUT2D eigenvalue weighted by molar-refractivity contribution is 5.77. The van der Waals surface area contributed by atoms with Gasteiger partial charge in [0.25, 0.3) is 0 Å². The maximum Gasteiger partial charge on any atom is 0.340 e. The molecule has 0 fully saturated rings. The molecule has 1 aromatic rings. The van der Waals surface area contributed by atoms with Crippen molar-refractivity contribution in [2.24, 2.45) is 0 Å². The molecule has 4 heteroatoms. The minimum atomic E-state index is -0.569. The van der Waals surface area contributed by atoms with Crippen molar-refractivity contribution in [3.8, 4) is 0 Å². The first kappa shape index (κ1) is 17.0. The van der Waals surface area contributed by atoms with Crippen molar-refractivity contribution in [2.75, 3.05) is 26.2 Å². The van der Waals surface area contributed by atoms with Gasteiger partial charge in [-0.1, -0.05) is 38.1 Å². The molecule has 1 aliphatic rings. The van der Waals surface area contributed by atoms with E-state index in [1.54, 1.807) is 0 Å². The molecule has 2 unspecified atom stereocenters. The fraction of sp³-hybridized carbons (Fsp3) is 0.611. The predicted molar refractivity (Wildman–Crippen MR) is 86.8 cm³/mol. The summed E-state index contributed by atoms with van der Waals surface area (Å²) in [4.78, 5) is 14.7. The second-order valence-corrected chi connectivity index (χ2v) is 5.76. The molecule has 0 amide bonds. The van der Waals surface area contributed by atoms with Gasteiger partial charge in [-0.25, -0.2) is 4.79 Å². The Bertz CT molecular complexity index is 485. The van der Waals surface area contributed by atoms with Crippen LogP contribution in [-0.2, 0) is 20.7 Å². The predicted octanol–water partition coefficient (Wildman–Crippen LogP) is 2.96. The molecule has 1 heterocycles. The molecule has 0 radical (unpaired) electrons. The van der Waals surface area contributed by atoms with Crippen LogP contribution in [0.25, 0.3) is 0 Å². The highest BCUT2D eigenvalue weighted by Crippen LogP contribution is 2.28. The van der Waals surface area contributed by atoms with Gasteiger partial charge in [-0.3, -0.25) is 0 Å². The molecule has 0 aromatic heterocycles. The van der Waals surface area contributed by atoms with Crippen LogP contribution in [-0.4, -0.2) is 43.2 Å². The Labute approximate surface area is 133 Å². The lowest BCUT2D eigenvalue weighted by Gasteiger charge is -2.26. The summed E-state index contributed by atoms with van der Waals surface area (Å²) in [7, 11) is 0. The van der Waals surface area contributed by atoms with E-state index in [0.717, 1.165) is 38.0 Å². The van der Waals surface area contributed by atoms with Crippen molar-refractivity contribution in [1.82, 2.24) is 4.90 Å². The first-order valence-electron chi connectivity index (χ1n) is 8.28. The fourth-order valence-corrected chi connectivity index (χ4v) is 2.81. The molecule has 2 rings (SSSR count). The average Bonchev–Trinajstić information content (AvgIpc) is 2.55. The van der Waals surface area contributed by atoms with Gasteiger partial charge < -0.3 is 14.4 Å². The molecular weight excluding hydrogens is 278 g/mol. The van der Waals surface area contributed by atoms with E-state index < -0.39 is 6.10 Å². The zero-order chi connectivity index (χ0) is 15.9. The normalized spacial score (nSPS) is 18.8. The van der Waals surface area contributed by atoms with Crippen molar-refractivity contribution in [3.63, 3.8) is 0 Å². The van der Waals surface area contributed by atoms with Crippen molar-refractivity contribution < 1.29 is 14.3 Å². The van der Waals surface area contributed by atoms with Crippen molar-refractivity contribution in [3.05, 3.63) is 35.4 Å². The van der Waals surface area contributed by atoms with E-state index in [0.29, 0.717) is 6.61 Å². The Morgan fingerprint density at radius 2 is 2.09 bits per heavy atom. The van der Waals surface area contributed by atoms with Crippen LogP contribution in [0.4, 0.5) is 0 Å². The molecule has 0 saturated heterocycles. The van der Waals surface area contributed by atoms with Crippen molar-refractivity contribution in [2.45, 2.75) is 45.8 Å². The first-order valence-corrected chi connectivity index (χ1v) is 8.28. The lowest BCUT2D eigenvalue weighted by Crippen LogP contribution is -2.30. The van der Waals surface area contributed by atoms with Crippen LogP contribution >= 0.6 is 0 Å². The van der Waals surface area contributed by atoms with Gasteiger partial charge in [0.1, 0.15) is 6.10 Å². The summed E-state index contributed by atoms with van der Waals surface area (Å²) in [5.74, 6) is -0.265. The summed E-state index contributed by atoms with van der Waals surface area (Å²) in [6.45, 7) is 9.82. The summed E-state index contributed by atoms with van der Waals surface area (Å²) in [5.41, 5.74) is 2.14. The number of carbonyl (C=O) groups is 1. The number of hydrogen-bond acceptors (Lipinski definition) is 4. The van der Waals surface area contributed by atoms with Gasteiger partial charge in [0.15, 0.2) is 6.10 Å². The van der Waals surface area contributed by atoms with E-state index in [4.69, 9.17) is 9.47 Å². The molecule has 0 aliphatic carbocycles. The smallest absolute Gasteiger partial charge is 0.340 e. The monoisotopic (exact) mass is 305 g/mol. The van der Waals surface area contributed by atoms with Crippen LogP contribution in [0.5, 0.6) is 0 Å². The Balaban J connectivity index is 1.90. The van der Waals surface area contributed by atoms with Gasteiger partial charge in [-0.2, -0.15) is 0 Å². The molecule has 0 N–H and O–H groups in total. The van der Waals surface area contributed by atoms with E-state index in [1.165, 1.54) is 5.56 Å². The molecule has 4 nitrogen and oxygen atoms in total. The van der Waals surface area contributed by atoms with E-state index in [9.17, 15) is 4.79 Å². The maximum absolute atomic E-state index is 12.4. The number of fused-ring (bicyclic) bond motifs is 1. The van der Waals surface area contributed by atoms with Gasteiger partial charge in [-0.05, 0) is 44.0 Å². The van der Waals surface area contributed by atoms with Gasteiger partial charge in [0, 0.05) is 6.54 Å². The van der Waals surface area contributed by atoms with Crippen LogP contribution < -0.4 is 0 Å². The number of ether oxygens (including phenoxy) is 2. The fourth-order valence-electron chi connectivity index (χ4n) is 2.81. The van der Waals surface area contributed by atoms with Gasteiger partial charge >= 0.3 is 5.97 Å². The lowest BCUT2D eigenvalue weighted by atomic mass is 9.98. The second-order valence-electron chi connectivity index (χ2n) is 5.76. The quantitative estimate of drug-likeness (QED) is 0.726. The summed E-state index contributed by atoms with van der Waals surface area (Å²) in [6.07, 6.45) is 1.05. The third-order valence-corrected chi connectivity index (χ3v) is 4.27. The Kier molecular flexibility index (Phi) is 6.40. The summed E-state index contributed by atoms with van der Waals surface area (Å²) in [6, 6.07) is 7.96. The van der Waals surface area contributed by atoms with E-state index >= 15 is 0 Å². The maximum atomic E-state index is 12.4. The number of benzene rings is 1. The molecule has 1 aromatic carbocycles. The minimum absolute atomic E-state index is 0.0919. The standard InChI is InChI=1S/C18H27NO3/c1-4-19(5-2)12-10-14(3)22-18(20)17-16-9-7-6-8-15(16)11-13-21-17/h6-9,14,17H,4-5,10-13H2,1-3H3. The average molecular weight is 305 g/mol. The van der Waals surface area contributed by atoms with E-state index in [-0.39, 0.29) is 12.1 Å². The third-order valence-electron chi connectivity index (χ3n) is 4.27. The van der Waals surface area contributed by atoms with Crippen LogP contribution in [0.1, 0.15) is 44.4 Å². The molecular formula is C18H27NO3.